The molecule has 23 nitrogen and oxygen atoms in total. The number of rotatable bonds is 41. The number of carboxylic acids is 1. The molecule has 0 spiro atoms. The van der Waals surface area contributed by atoms with Crippen LogP contribution in [0.1, 0.15) is 99.0 Å². The van der Waals surface area contributed by atoms with Crippen LogP contribution in [0.5, 0.6) is 0 Å². The van der Waals surface area contributed by atoms with Gasteiger partial charge in [0.2, 0.25) is 29.5 Å². The number of ether oxygens (including phenoxy) is 8. The van der Waals surface area contributed by atoms with Crippen molar-refractivity contribution in [3.05, 3.63) is 48.0 Å². The summed E-state index contributed by atoms with van der Waals surface area (Å²) in [6.45, 7) is 16.7. The average molecular weight is 1150 g/mol. The molecule has 1 aliphatic carbocycles. The number of carbonyl (C=O) groups excluding carboxylic acids is 7. The predicted molar refractivity (Wildman–Crippen MR) is 297 cm³/mol. The maximum atomic E-state index is 14.5. The normalized spacial score (nSPS) is 18.5. The molecule has 23 heteroatoms. The molecule has 7 amide bonds. The molecule has 4 N–H and O–H groups in total. The summed E-state index contributed by atoms with van der Waals surface area (Å²) in [6.07, 6.45) is 3.97. The van der Waals surface area contributed by atoms with Crippen molar-refractivity contribution >= 4 is 47.3 Å². The van der Waals surface area contributed by atoms with E-state index in [4.69, 9.17) is 37.9 Å². The standard InChI is InChI=1S/C58H92N6O17/c1-11-40(4)50(44(74-9)38-48(68)63-24-15-18-43(63)51(75-10)41(5)53(69)60-52(55(71)72)58(22-23-58)42-16-13-12-14-17-42)62(8)54(70)49(39(2)3)59-56(73)57(6,7)61-45(65)21-26-76-28-30-78-32-34-80-36-37-81-35-33-79-31-29-77-27-25-64-46(66)19-20-47(64)67/h12-14,16-17,19-20,39-41,43-44,49-52H,11,15,18,21-38H2,1-10H3,(H,59,73)(H,60,69)(H,61,65)(H,71,72)/t40-,41+,43-,44+,49-,50-,51+,52-/m0/s1. The van der Waals surface area contributed by atoms with Gasteiger partial charge >= 0.3 is 5.97 Å². The van der Waals surface area contributed by atoms with Crippen molar-refractivity contribution in [1.29, 1.82) is 0 Å². The summed E-state index contributed by atoms with van der Waals surface area (Å²) in [5.41, 5.74) is -1.25. The minimum atomic E-state index is -1.40. The fourth-order valence-corrected chi connectivity index (χ4v) is 10.4. The number of likely N-dealkylation sites (N-methyl/N-ethyl adjacent to an activating group) is 1. The average Bonchev–Trinajstić information content (AvgIpc) is 3.99. The van der Waals surface area contributed by atoms with Crippen molar-refractivity contribution in [3.8, 4) is 0 Å². The van der Waals surface area contributed by atoms with E-state index in [-0.39, 0.29) is 75.4 Å². The number of carbonyl (C=O) groups is 8. The summed E-state index contributed by atoms with van der Waals surface area (Å²) in [5, 5.41) is 18.8. The molecule has 1 saturated heterocycles. The van der Waals surface area contributed by atoms with Crippen LogP contribution in [-0.2, 0) is 81.7 Å². The Hall–Kier alpha value is -5.40. The van der Waals surface area contributed by atoms with E-state index >= 15 is 0 Å². The van der Waals surface area contributed by atoms with Crippen LogP contribution in [0.2, 0.25) is 0 Å². The number of likely N-dealkylation sites (tertiary alicyclic amines) is 1. The molecule has 2 fully saturated rings. The Bertz CT molecular complexity index is 2190. The number of nitrogens with one attached hydrogen (secondary N) is 3. The van der Waals surface area contributed by atoms with Gasteiger partial charge in [0.1, 0.15) is 17.6 Å². The second-order valence-electron chi connectivity index (χ2n) is 21.8. The van der Waals surface area contributed by atoms with Crippen molar-refractivity contribution in [3.63, 3.8) is 0 Å². The number of benzene rings is 1. The van der Waals surface area contributed by atoms with Gasteiger partial charge in [-0.3, -0.25) is 38.5 Å². The molecule has 4 rings (SSSR count). The van der Waals surface area contributed by atoms with Gasteiger partial charge in [0.15, 0.2) is 0 Å². The zero-order valence-corrected chi connectivity index (χ0v) is 49.4. The van der Waals surface area contributed by atoms with E-state index < -0.39 is 82.8 Å². The Labute approximate surface area is 478 Å². The van der Waals surface area contributed by atoms with Crippen molar-refractivity contribution in [2.45, 2.75) is 141 Å². The van der Waals surface area contributed by atoms with Crippen molar-refractivity contribution < 1.29 is 81.4 Å². The lowest BCUT2D eigenvalue weighted by molar-refractivity contribution is -0.148. The summed E-state index contributed by atoms with van der Waals surface area (Å²) in [6, 6.07) is 6.13. The van der Waals surface area contributed by atoms with Crippen LogP contribution in [0.15, 0.2) is 42.5 Å². The highest BCUT2D eigenvalue weighted by Crippen LogP contribution is 2.51. The quantitative estimate of drug-likeness (QED) is 0.0542. The van der Waals surface area contributed by atoms with E-state index in [2.05, 4.69) is 16.0 Å². The summed E-state index contributed by atoms with van der Waals surface area (Å²) in [5.74, 6) is -5.20. The molecule has 0 radical (unpaired) electrons. The SMILES string of the molecule is CC[C@H](C)[C@@H]([C@@H](CC(=O)N1CCC[C@H]1[C@H](OC)[C@@H](C)C(=O)N[C@@H](C(=O)O)C1(c2ccccc2)CC1)OC)N(C)C(=O)[C@@H](NC(=O)C(C)(C)NC(=O)CCOCCOCCOCCOCCOCCOCCN1C(=O)C=CC1=O)C(C)C. The lowest BCUT2D eigenvalue weighted by atomic mass is 9.87. The minimum Gasteiger partial charge on any atom is -0.480 e. The van der Waals surface area contributed by atoms with E-state index in [0.717, 1.165) is 10.5 Å². The van der Waals surface area contributed by atoms with E-state index in [9.17, 15) is 43.5 Å². The first-order chi connectivity index (χ1) is 38.6. The number of imide groups is 1. The number of methoxy groups -OCH3 is 2. The molecule has 1 saturated carbocycles. The highest BCUT2D eigenvalue weighted by molar-refractivity contribution is 6.12. The van der Waals surface area contributed by atoms with Gasteiger partial charge in [-0.25, -0.2) is 4.79 Å². The molecule has 0 bridgehead atoms. The number of hydrogen-bond acceptors (Lipinski definition) is 16. The van der Waals surface area contributed by atoms with E-state index in [1.165, 1.54) is 26.4 Å². The van der Waals surface area contributed by atoms with Crippen LogP contribution in [0, 0.1) is 17.8 Å². The van der Waals surface area contributed by atoms with E-state index in [1.54, 1.807) is 37.6 Å². The third-order valence-corrected chi connectivity index (χ3v) is 15.4. The zero-order chi connectivity index (χ0) is 59.7. The first-order valence-electron chi connectivity index (χ1n) is 28.5. The molecule has 81 heavy (non-hydrogen) atoms. The Balaban J connectivity index is 1.16. The summed E-state index contributed by atoms with van der Waals surface area (Å²) < 4.78 is 44.9. The van der Waals surface area contributed by atoms with E-state index in [1.807, 2.05) is 58.0 Å². The molecule has 0 unspecified atom stereocenters. The monoisotopic (exact) mass is 1140 g/mol. The van der Waals surface area contributed by atoms with Crippen LogP contribution in [0.25, 0.3) is 0 Å². The molecule has 1 aromatic carbocycles. The lowest BCUT2D eigenvalue weighted by Crippen LogP contribution is -2.62. The van der Waals surface area contributed by atoms with Gasteiger partial charge in [-0.15, -0.1) is 0 Å². The summed E-state index contributed by atoms with van der Waals surface area (Å²) in [4.78, 5) is 110. The van der Waals surface area contributed by atoms with Gasteiger partial charge in [-0.05, 0) is 56.9 Å². The maximum Gasteiger partial charge on any atom is 0.327 e. The third-order valence-electron chi connectivity index (χ3n) is 15.4. The van der Waals surface area contributed by atoms with Crippen LogP contribution >= 0.6 is 0 Å². The molecule has 3 aliphatic rings. The molecule has 1 aromatic rings. The smallest absolute Gasteiger partial charge is 0.327 e. The molecule has 456 valence electrons. The number of carboxylic acid groups (broad SMARTS) is 1. The van der Waals surface area contributed by atoms with E-state index in [0.29, 0.717) is 91.5 Å². The van der Waals surface area contributed by atoms with Gasteiger partial charge in [0.05, 0.1) is 122 Å². The van der Waals surface area contributed by atoms with Gasteiger partial charge in [-0.2, -0.15) is 0 Å². The molecule has 0 aromatic heterocycles. The van der Waals surface area contributed by atoms with Gasteiger partial charge < -0.3 is 68.8 Å². The van der Waals surface area contributed by atoms with Crippen LogP contribution in [-0.4, -0.2) is 223 Å². The van der Waals surface area contributed by atoms with Crippen molar-refractivity contribution in [1.82, 2.24) is 30.7 Å². The third kappa shape index (κ3) is 20.5. The highest BCUT2D eigenvalue weighted by Gasteiger charge is 2.55. The highest BCUT2D eigenvalue weighted by atomic mass is 16.6. The first kappa shape index (κ1) is 68.1. The zero-order valence-electron chi connectivity index (χ0n) is 49.4. The maximum absolute atomic E-state index is 14.5. The fraction of sp³-hybridized carbons (Fsp3) is 0.724. The Morgan fingerprint density at radius 1 is 0.765 bits per heavy atom. The molecular weight excluding hydrogens is 1050 g/mol. The minimum absolute atomic E-state index is 0.0213. The summed E-state index contributed by atoms with van der Waals surface area (Å²) >= 11 is 0. The number of amides is 7. The number of nitrogens with zero attached hydrogens (tertiary/aromatic N) is 3. The fourth-order valence-electron chi connectivity index (χ4n) is 10.4. The first-order valence-corrected chi connectivity index (χ1v) is 28.5. The summed E-state index contributed by atoms with van der Waals surface area (Å²) in [7, 11) is 4.63. The van der Waals surface area contributed by atoms with Crippen LogP contribution < -0.4 is 16.0 Å². The van der Waals surface area contributed by atoms with Crippen molar-refractivity contribution in [2.24, 2.45) is 17.8 Å². The molecule has 2 heterocycles. The largest absolute Gasteiger partial charge is 0.480 e. The number of aliphatic carboxylic acids is 1. The van der Waals surface area contributed by atoms with Crippen LogP contribution in [0.3, 0.4) is 0 Å². The Morgan fingerprint density at radius 2 is 1.30 bits per heavy atom. The Kier molecular flexibility index (Phi) is 28.8. The van der Waals surface area contributed by atoms with Gasteiger partial charge in [-0.1, -0.05) is 71.4 Å². The topological polar surface area (TPSA) is 276 Å². The Morgan fingerprint density at radius 3 is 1.78 bits per heavy atom. The lowest BCUT2D eigenvalue weighted by Gasteiger charge is -2.41. The van der Waals surface area contributed by atoms with Crippen molar-refractivity contribution in [2.75, 3.05) is 114 Å². The predicted octanol–water partition coefficient (Wildman–Crippen LogP) is 2.66. The van der Waals surface area contributed by atoms with Gasteiger partial charge in [0.25, 0.3) is 11.8 Å². The second kappa shape index (κ2) is 34.3. The molecular formula is C58H92N6O17. The molecule has 8 atom stereocenters. The second-order valence-corrected chi connectivity index (χ2v) is 21.8. The van der Waals surface area contributed by atoms with Gasteiger partial charge in [0, 0.05) is 51.8 Å². The molecule has 2 aliphatic heterocycles. The van der Waals surface area contributed by atoms with Crippen LogP contribution in [0.4, 0.5) is 0 Å². The number of hydrogen-bond donors (Lipinski definition) is 4.